The molecule has 0 spiro atoms. The van der Waals surface area contributed by atoms with Gasteiger partial charge in [-0.25, -0.2) is 15.8 Å². The summed E-state index contributed by atoms with van der Waals surface area (Å²) in [6.45, 7) is 7.29. The summed E-state index contributed by atoms with van der Waals surface area (Å²) in [7, 11) is 0. The van der Waals surface area contributed by atoms with Crippen LogP contribution in [0.2, 0.25) is 0 Å². The van der Waals surface area contributed by atoms with Gasteiger partial charge >= 0.3 is 0 Å². The SMILES string of the molecule is CC(C)(C)c1nc(NN)cc(NCC2(CCO)CC2)n1. The van der Waals surface area contributed by atoms with E-state index >= 15 is 0 Å². The third kappa shape index (κ3) is 3.58. The minimum absolute atomic E-state index is 0.133. The van der Waals surface area contributed by atoms with Crippen LogP contribution in [0.4, 0.5) is 11.6 Å². The second kappa shape index (κ2) is 5.54. The number of aliphatic hydroxyl groups is 1. The highest BCUT2D eigenvalue weighted by molar-refractivity contribution is 5.47. The Morgan fingerprint density at radius 2 is 1.95 bits per heavy atom. The van der Waals surface area contributed by atoms with Gasteiger partial charge in [0.25, 0.3) is 0 Å². The van der Waals surface area contributed by atoms with E-state index in [1.165, 1.54) is 12.8 Å². The molecule has 1 aromatic heterocycles. The van der Waals surface area contributed by atoms with Gasteiger partial charge in [0.15, 0.2) is 0 Å². The number of nitrogens with two attached hydrogens (primary N) is 1. The largest absolute Gasteiger partial charge is 0.396 e. The first-order valence-electron chi connectivity index (χ1n) is 7.09. The van der Waals surface area contributed by atoms with Gasteiger partial charge in [-0.05, 0) is 24.7 Å². The van der Waals surface area contributed by atoms with Gasteiger partial charge in [-0.15, -0.1) is 0 Å². The molecule has 112 valence electrons. The molecule has 0 aliphatic heterocycles. The van der Waals surface area contributed by atoms with Crippen molar-refractivity contribution in [1.82, 2.24) is 9.97 Å². The number of anilines is 2. The number of hydrazine groups is 1. The van der Waals surface area contributed by atoms with Crippen LogP contribution in [0.15, 0.2) is 6.07 Å². The van der Waals surface area contributed by atoms with Gasteiger partial charge in [-0.3, -0.25) is 0 Å². The molecule has 1 fully saturated rings. The second-order valence-electron chi connectivity index (χ2n) is 6.68. The van der Waals surface area contributed by atoms with Crippen LogP contribution in [0.25, 0.3) is 0 Å². The Morgan fingerprint density at radius 3 is 2.45 bits per heavy atom. The maximum Gasteiger partial charge on any atom is 0.145 e. The normalized spacial score (nSPS) is 16.9. The van der Waals surface area contributed by atoms with Crippen LogP contribution in [0, 0.1) is 5.41 Å². The molecule has 1 aromatic rings. The maximum atomic E-state index is 9.09. The van der Waals surface area contributed by atoms with Crippen LogP contribution in [0.1, 0.15) is 45.9 Å². The predicted octanol–water partition coefficient (Wildman–Crippen LogP) is 1.63. The molecule has 0 aromatic carbocycles. The smallest absolute Gasteiger partial charge is 0.145 e. The van der Waals surface area contributed by atoms with E-state index in [4.69, 9.17) is 10.9 Å². The van der Waals surface area contributed by atoms with Crippen molar-refractivity contribution in [3.8, 4) is 0 Å². The average Bonchev–Trinajstić information content (AvgIpc) is 3.16. The molecule has 6 heteroatoms. The zero-order chi connectivity index (χ0) is 14.8. The molecule has 0 radical (unpaired) electrons. The van der Waals surface area contributed by atoms with E-state index in [1.807, 2.05) is 6.07 Å². The summed E-state index contributed by atoms with van der Waals surface area (Å²) in [5, 5.41) is 12.5. The van der Waals surface area contributed by atoms with Crippen molar-refractivity contribution < 1.29 is 5.11 Å². The van der Waals surface area contributed by atoms with Crippen LogP contribution in [0.5, 0.6) is 0 Å². The molecule has 2 rings (SSSR count). The van der Waals surface area contributed by atoms with E-state index in [9.17, 15) is 0 Å². The van der Waals surface area contributed by atoms with E-state index < -0.39 is 0 Å². The molecular weight excluding hydrogens is 254 g/mol. The zero-order valence-corrected chi connectivity index (χ0v) is 12.5. The minimum Gasteiger partial charge on any atom is -0.396 e. The third-order valence-electron chi connectivity index (χ3n) is 3.79. The number of aromatic nitrogens is 2. The Labute approximate surface area is 120 Å². The van der Waals surface area contributed by atoms with Crippen molar-refractivity contribution >= 4 is 11.6 Å². The van der Waals surface area contributed by atoms with E-state index in [1.54, 1.807) is 0 Å². The maximum absolute atomic E-state index is 9.09. The molecule has 1 aliphatic carbocycles. The van der Waals surface area contributed by atoms with Crippen molar-refractivity contribution in [1.29, 1.82) is 0 Å². The summed E-state index contributed by atoms with van der Waals surface area (Å²) in [6, 6.07) is 1.81. The van der Waals surface area contributed by atoms with Crippen molar-refractivity contribution in [2.75, 3.05) is 23.9 Å². The minimum atomic E-state index is -0.133. The molecule has 20 heavy (non-hydrogen) atoms. The van der Waals surface area contributed by atoms with Crippen LogP contribution >= 0.6 is 0 Å². The standard InChI is InChI=1S/C14H25N5O/c1-13(2,3)12-17-10(8-11(18-12)19-15)16-9-14(4-5-14)6-7-20/h8,20H,4-7,9,15H2,1-3H3,(H2,16,17,18,19). The topological polar surface area (TPSA) is 96.1 Å². The van der Waals surface area contributed by atoms with E-state index in [-0.39, 0.29) is 17.4 Å². The first kappa shape index (κ1) is 15.0. The average molecular weight is 279 g/mol. The highest BCUT2D eigenvalue weighted by Gasteiger charge is 2.41. The van der Waals surface area contributed by atoms with E-state index in [2.05, 4.69) is 41.5 Å². The highest BCUT2D eigenvalue weighted by atomic mass is 16.3. The summed E-state index contributed by atoms with van der Waals surface area (Å²) < 4.78 is 0. The van der Waals surface area contributed by atoms with Gasteiger partial charge in [-0.1, -0.05) is 20.8 Å². The fourth-order valence-electron chi connectivity index (χ4n) is 2.15. The number of aliphatic hydroxyl groups excluding tert-OH is 1. The number of nitrogens with zero attached hydrogens (tertiary/aromatic N) is 2. The van der Waals surface area contributed by atoms with Gasteiger partial charge < -0.3 is 15.8 Å². The van der Waals surface area contributed by atoms with E-state index in [0.717, 1.165) is 24.6 Å². The Morgan fingerprint density at radius 1 is 1.30 bits per heavy atom. The molecule has 1 heterocycles. The quantitative estimate of drug-likeness (QED) is 0.467. The van der Waals surface area contributed by atoms with E-state index in [0.29, 0.717) is 5.82 Å². The zero-order valence-electron chi connectivity index (χ0n) is 12.5. The fourth-order valence-corrected chi connectivity index (χ4v) is 2.15. The Bertz CT molecular complexity index is 465. The first-order valence-corrected chi connectivity index (χ1v) is 7.09. The number of nitrogen functional groups attached to an aromatic ring is 1. The number of hydrogen-bond donors (Lipinski definition) is 4. The highest BCUT2D eigenvalue weighted by Crippen LogP contribution is 2.48. The molecule has 0 atom stereocenters. The Hall–Kier alpha value is -1.40. The number of hydrogen-bond acceptors (Lipinski definition) is 6. The summed E-state index contributed by atoms with van der Waals surface area (Å²) in [4.78, 5) is 8.96. The summed E-state index contributed by atoms with van der Waals surface area (Å²) in [5.74, 6) is 7.61. The number of rotatable bonds is 6. The van der Waals surface area contributed by atoms with Crippen molar-refractivity contribution in [3.05, 3.63) is 11.9 Å². The summed E-state index contributed by atoms with van der Waals surface area (Å²) in [6.07, 6.45) is 3.18. The molecule has 5 N–H and O–H groups in total. The monoisotopic (exact) mass is 279 g/mol. The third-order valence-corrected chi connectivity index (χ3v) is 3.79. The molecule has 6 nitrogen and oxygen atoms in total. The van der Waals surface area contributed by atoms with Gasteiger partial charge in [-0.2, -0.15) is 0 Å². The second-order valence-corrected chi connectivity index (χ2v) is 6.68. The molecule has 0 unspecified atom stereocenters. The predicted molar refractivity (Wildman–Crippen MR) is 80.4 cm³/mol. The lowest BCUT2D eigenvalue weighted by atomic mass is 9.96. The molecule has 1 aliphatic rings. The van der Waals surface area contributed by atoms with Gasteiger partial charge in [0, 0.05) is 24.6 Å². The van der Waals surface area contributed by atoms with Crippen LogP contribution < -0.4 is 16.6 Å². The molecule has 0 bridgehead atoms. The van der Waals surface area contributed by atoms with Crippen LogP contribution in [-0.4, -0.2) is 28.2 Å². The summed E-state index contributed by atoms with van der Waals surface area (Å²) in [5.41, 5.74) is 2.70. The first-order chi connectivity index (χ1) is 9.38. The van der Waals surface area contributed by atoms with Crippen molar-refractivity contribution in [2.24, 2.45) is 11.3 Å². The summed E-state index contributed by atoms with van der Waals surface area (Å²) >= 11 is 0. The molecule has 0 amide bonds. The lowest BCUT2D eigenvalue weighted by Crippen LogP contribution is -2.22. The van der Waals surface area contributed by atoms with Gasteiger partial charge in [0.05, 0.1) is 0 Å². The van der Waals surface area contributed by atoms with Crippen molar-refractivity contribution in [3.63, 3.8) is 0 Å². The van der Waals surface area contributed by atoms with Crippen LogP contribution in [0.3, 0.4) is 0 Å². The van der Waals surface area contributed by atoms with Crippen LogP contribution in [-0.2, 0) is 5.41 Å². The lowest BCUT2D eigenvalue weighted by Gasteiger charge is -2.20. The molecule has 1 saturated carbocycles. The van der Waals surface area contributed by atoms with Gasteiger partial charge in [0.2, 0.25) is 0 Å². The van der Waals surface area contributed by atoms with Gasteiger partial charge in [0.1, 0.15) is 17.5 Å². The molecular formula is C14H25N5O. The number of nitrogens with one attached hydrogen (secondary N) is 2. The Kier molecular flexibility index (Phi) is 4.15. The Balaban J connectivity index is 2.11. The molecule has 0 saturated heterocycles. The lowest BCUT2D eigenvalue weighted by molar-refractivity contribution is 0.253. The van der Waals surface area contributed by atoms with Crippen molar-refractivity contribution in [2.45, 2.75) is 45.4 Å². The fraction of sp³-hybridized carbons (Fsp3) is 0.714.